The molecule has 3 rings (SSSR count). The number of hydrogen-bond acceptors (Lipinski definition) is 3. The van der Waals surface area contributed by atoms with Crippen LogP contribution < -0.4 is 0 Å². The molecule has 1 aromatic carbocycles. The molecule has 0 aliphatic carbocycles. The van der Waals surface area contributed by atoms with Crippen LogP contribution in [0.3, 0.4) is 0 Å². The van der Waals surface area contributed by atoms with Crippen LogP contribution in [0, 0.1) is 12.8 Å². The minimum atomic E-state index is 0.0871. The number of aromatic amines is 1. The van der Waals surface area contributed by atoms with E-state index in [-0.39, 0.29) is 12.0 Å². The molecule has 1 aliphatic rings. The van der Waals surface area contributed by atoms with Gasteiger partial charge in [-0.2, -0.15) is 0 Å². The molecule has 128 valence electrons. The summed E-state index contributed by atoms with van der Waals surface area (Å²) in [6, 6.07) is 8.51. The van der Waals surface area contributed by atoms with Crippen molar-refractivity contribution >= 4 is 5.91 Å². The summed E-state index contributed by atoms with van der Waals surface area (Å²) >= 11 is 0. The van der Waals surface area contributed by atoms with E-state index < -0.39 is 0 Å². The lowest BCUT2D eigenvalue weighted by atomic mass is 9.86. The molecule has 1 aliphatic heterocycles. The molecule has 1 fully saturated rings. The molecule has 5 nitrogen and oxygen atoms in total. The first kappa shape index (κ1) is 16.7. The maximum absolute atomic E-state index is 12.5. The predicted octanol–water partition coefficient (Wildman–Crippen LogP) is 2.37. The number of piperidine rings is 1. The number of nitrogens with zero attached hydrogens (tertiary/aromatic N) is 2. The van der Waals surface area contributed by atoms with Crippen molar-refractivity contribution in [3.05, 3.63) is 53.6 Å². The van der Waals surface area contributed by atoms with Crippen LogP contribution in [0.5, 0.6) is 0 Å². The molecular weight excluding hydrogens is 302 g/mol. The Labute approximate surface area is 143 Å². The van der Waals surface area contributed by atoms with Gasteiger partial charge < -0.3 is 14.6 Å². The zero-order valence-electron chi connectivity index (χ0n) is 14.4. The molecule has 2 heterocycles. The summed E-state index contributed by atoms with van der Waals surface area (Å²) in [5.41, 5.74) is 3.56. The number of ether oxygens (including phenoxy) is 1. The summed E-state index contributed by atoms with van der Waals surface area (Å²) in [5.74, 6) is 0.586. The summed E-state index contributed by atoms with van der Waals surface area (Å²) in [5, 5.41) is 0. The molecule has 1 saturated heterocycles. The lowest BCUT2D eigenvalue weighted by molar-refractivity contribution is -0.135. The molecule has 0 bridgehead atoms. The molecule has 1 aromatic heterocycles. The fourth-order valence-electron chi connectivity index (χ4n) is 3.47. The summed E-state index contributed by atoms with van der Waals surface area (Å²) in [7, 11) is 1.75. The third kappa shape index (κ3) is 3.85. The number of rotatable bonds is 5. The molecule has 0 spiro atoms. The number of aromatic nitrogens is 2. The van der Waals surface area contributed by atoms with Gasteiger partial charge in [-0.1, -0.05) is 24.3 Å². The zero-order valence-corrected chi connectivity index (χ0v) is 14.4. The number of benzene rings is 1. The van der Waals surface area contributed by atoms with E-state index in [0.717, 1.165) is 25.1 Å². The number of likely N-dealkylation sites (tertiary alicyclic amines) is 1. The number of methoxy groups -OCH3 is 1. The van der Waals surface area contributed by atoms with E-state index in [1.165, 1.54) is 11.1 Å². The van der Waals surface area contributed by atoms with Gasteiger partial charge in [0.1, 0.15) is 0 Å². The minimum Gasteiger partial charge on any atom is -0.379 e. The third-order valence-corrected chi connectivity index (χ3v) is 4.99. The summed E-state index contributed by atoms with van der Waals surface area (Å²) in [6.45, 7) is 3.61. The molecule has 1 N–H and O–H groups in total. The number of aryl methyl sites for hydroxylation is 1. The van der Waals surface area contributed by atoms with Gasteiger partial charge in [0.05, 0.1) is 18.9 Å². The van der Waals surface area contributed by atoms with Gasteiger partial charge in [-0.05, 0) is 36.8 Å². The Balaban J connectivity index is 1.61. The van der Waals surface area contributed by atoms with Gasteiger partial charge in [-0.3, -0.25) is 4.79 Å². The Bertz CT molecular complexity index is 669. The van der Waals surface area contributed by atoms with Crippen molar-refractivity contribution < 1.29 is 9.53 Å². The number of imidazole rings is 1. The summed E-state index contributed by atoms with van der Waals surface area (Å²) in [4.78, 5) is 21.3. The maximum Gasteiger partial charge on any atom is 0.228 e. The van der Waals surface area contributed by atoms with E-state index in [4.69, 9.17) is 4.74 Å². The van der Waals surface area contributed by atoms with E-state index in [1.807, 2.05) is 4.90 Å². The van der Waals surface area contributed by atoms with Crippen LogP contribution in [0.1, 0.15) is 23.2 Å². The molecule has 2 atom stereocenters. The van der Waals surface area contributed by atoms with Crippen LogP contribution in [0.15, 0.2) is 36.8 Å². The average molecular weight is 327 g/mol. The SMILES string of the molecule is CO[C@@H]1CN(C(=O)Cc2cnc[nH]2)CC[C@@H]1Cc1ccccc1C. The standard InChI is InChI=1S/C19H25N3O2/c1-14-5-3-4-6-15(14)9-16-7-8-22(12-18(16)24-2)19(23)10-17-11-20-13-21-17/h3-6,11,13,16,18H,7-10,12H2,1-2H3,(H,20,21)/t16-,18-/m1/s1. The molecule has 24 heavy (non-hydrogen) atoms. The van der Waals surface area contributed by atoms with E-state index in [0.29, 0.717) is 18.9 Å². The van der Waals surface area contributed by atoms with Crippen molar-refractivity contribution in [2.45, 2.75) is 32.3 Å². The first-order valence-corrected chi connectivity index (χ1v) is 8.49. The Morgan fingerprint density at radius 2 is 2.25 bits per heavy atom. The predicted molar refractivity (Wildman–Crippen MR) is 92.7 cm³/mol. The third-order valence-electron chi connectivity index (χ3n) is 4.99. The fourth-order valence-corrected chi connectivity index (χ4v) is 3.47. The van der Waals surface area contributed by atoms with Crippen molar-refractivity contribution in [3.8, 4) is 0 Å². The second kappa shape index (κ2) is 7.62. The van der Waals surface area contributed by atoms with Crippen molar-refractivity contribution in [1.82, 2.24) is 14.9 Å². The highest BCUT2D eigenvalue weighted by molar-refractivity contribution is 5.78. The van der Waals surface area contributed by atoms with Crippen LogP contribution in [0.25, 0.3) is 0 Å². The first-order valence-electron chi connectivity index (χ1n) is 8.49. The van der Waals surface area contributed by atoms with Crippen molar-refractivity contribution in [3.63, 3.8) is 0 Å². The second-order valence-corrected chi connectivity index (χ2v) is 6.55. The molecule has 2 aromatic rings. The topological polar surface area (TPSA) is 58.2 Å². The quantitative estimate of drug-likeness (QED) is 0.917. The van der Waals surface area contributed by atoms with Gasteiger partial charge in [-0.25, -0.2) is 4.98 Å². The lowest BCUT2D eigenvalue weighted by Crippen LogP contribution is -2.48. The number of carbonyl (C=O) groups excluding carboxylic acids is 1. The highest BCUT2D eigenvalue weighted by Crippen LogP contribution is 2.25. The van der Waals surface area contributed by atoms with E-state index in [1.54, 1.807) is 19.6 Å². The number of nitrogens with one attached hydrogen (secondary N) is 1. The monoisotopic (exact) mass is 327 g/mol. The number of amides is 1. The zero-order chi connectivity index (χ0) is 16.9. The lowest BCUT2D eigenvalue weighted by Gasteiger charge is -2.38. The van der Waals surface area contributed by atoms with Crippen LogP contribution in [0.4, 0.5) is 0 Å². The van der Waals surface area contributed by atoms with E-state index in [2.05, 4.69) is 41.2 Å². The van der Waals surface area contributed by atoms with Gasteiger partial charge in [0, 0.05) is 32.1 Å². The highest BCUT2D eigenvalue weighted by Gasteiger charge is 2.31. The fraction of sp³-hybridized carbons (Fsp3) is 0.474. The number of H-pyrrole nitrogens is 1. The number of carbonyl (C=O) groups is 1. The molecule has 0 radical (unpaired) electrons. The molecule has 1 amide bonds. The highest BCUT2D eigenvalue weighted by atomic mass is 16.5. The first-order chi connectivity index (χ1) is 11.7. The maximum atomic E-state index is 12.5. The Hall–Kier alpha value is -2.14. The number of hydrogen-bond donors (Lipinski definition) is 1. The van der Waals surface area contributed by atoms with Crippen LogP contribution in [-0.2, 0) is 22.4 Å². The van der Waals surface area contributed by atoms with Crippen molar-refractivity contribution in [2.24, 2.45) is 5.92 Å². The average Bonchev–Trinajstić information content (AvgIpc) is 3.10. The van der Waals surface area contributed by atoms with Gasteiger partial charge in [0.2, 0.25) is 5.91 Å². The van der Waals surface area contributed by atoms with E-state index in [9.17, 15) is 4.79 Å². The van der Waals surface area contributed by atoms with E-state index >= 15 is 0 Å². The summed E-state index contributed by atoms with van der Waals surface area (Å²) < 4.78 is 5.72. The van der Waals surface area contributed by atoms with Gasteiger partial charge in [0.15, 0.2) is 0 Å². The molecule has 5 heteroatoms. The minimum absolute atomic E-state index is 0.0871. The van der Waals surface area contributed by atoms with Crippen molar-refractivity contribution in [1.29, 1.82) is 0 Å². The Morgan fingerprint density at radius 3 is 2.96 bits per heavy atom. The molecular formula is C19H25N3O2. The van der Waals surface area contributed by atoms with Gasteiger partial charge in [-0.15, -0.1) is 0 Å². The van der Waals surface area contributed by atoms with Crippen molar-refractivity contribution in [2.75, 3.05) is 20.2 Å². The van der Waals surface area contributed by atoms with Gasteiger partial charge >= 0.3 is 0 Å². The Morgan fingerprint density at radius 1 is 1.42 bits per heavy atom. The molecule has 0 unspecified atom stereocenters. The Kier molecular flexibility index (Phi) is 5.30. The molecule has 0 saturated carbocycles. The van der Waals surface area contributed by atoms with Crippen LogP contribution >= 0.6 is 0 Å². The van der Waals surface area contributed by atoms with Gasteiger partial charge in [0.25, 0.3) is 0 Å². The second-order valence-electron chi connectivity index (χ2n) is 6.55. The van der Waals surface area contributed by atoms with Crippen LogP contribution in [0.2, 0.25) is 0 Å². The summed E-state index contributed by atoms with van der Waals surface area (Å²) in [6.07, 6.45) is 5.75. The smallest absolute Gasteiger partial charge is 0.228 e. The normalized spacial score (nSPS) is 21.0. The largest absolute Gasteiger partial charge is 0.379 e. The van der Waals surface area contributed by atoms with Crippen LogP contribution in [-0.4, -0.2) is 47.1 Å².